The molecule has 0 saturated carbocycles. The fourth-order valence-electron chi connectivity index (χ4n) is 1.24. The lowest BCUT2D eigenvalue weighted by Crippen LogP contribution is -2.12. The van der Waals surface area contributed by atoms with E-state index in [-0.39, 0.29) is 22.6 Å². The van der Waals surface area contributed by atoms with Gasteiger partial charge in [-0.3, -0.25) is 10.1 Å². The summed E-state index contributed by atoms with van der Waals surface area (Å²) in [4.78, 5) is 11.9. The molecule has 0 atom stereocenters. The van der Waals surface area contributed by atoms with Gasteiger partial charge in [0.1, 0.15) is 0 Å². The van der Waals surface area contributed by atoms with Crippen molar-refractivity contribution in [2.75, 3.05) is 5.32 Å². The Morgan fingerprint density at radius 2 is 2.05 bits per heavy atom. The second kappa shape index (κ2) is 5.49. The third kappa shape index (κ3) is 3.26. The third-order valence-electron chi connectivity index (χ3n) is 2.07. The monoisotopic (exact) mass is 307 g/mol. The summed E-state index contributed by atoms with van der Waals surface area (Å²) in [5.74, 6) is -2.36. The molecular weight excluding hydrogens is 302 g/mol. The van der Waals surface area contributed by atoms with Gasteiger partial charge < -0.3 is 4.42 Å². The molecule has 1 heterocycles. The Balaban J connectivity index is 2.13. The number of hydrogen-bond donors (Lipinski definition) is 1. The number of carbonyl (C=O) groups excluding carboxylic acids is 1. The van der Waals surface area contributed by atoms with E-state index in [4.69, 9.17) is 0 Å². The van der Waals surface area contributed by atoms with Gasteiger partial charge in [-0.2, -0.15) is 17.1 Å². The Labute approximate surface area is 113 Å². The lowest BCUT2D eigenvalue weighted by atomic mass is 10.2. The molecule has 0 aliphatic rings. The van der Waals surface area contributed by atoms with Crippen molar-refractivity contribution in [1.29, 1.82) is 0 Å². The number of amides is 1. The van der Waals surface area contributed by atoms with E-state index in [0.29, 0.717) is 0 Å². The fourth-order valence-corrected chi connectivity index (χ4v) is 1.54. The molecule has 2 rings (SSSR count). The SMILES string of the molecule is O=C(Nc1nnc(C(F)(F)F)o1)c1cccc(SF)c1. The average molecular weight is 307 g/mol. The van der Waals surface area contributed by atoms with Crippen LogP contribution in [0.2, 0.25) is 0 Å². The van der Waals surface area contributed by atoms with Crippen LogP contribution in [0, 0.1) is 0 Å². The average Bonchev–Trinajstić information content (AvgIpc) is 2.87. The first-order chi connectivity index (χ1) is 9.40. The van der Waals surface area contributed by atoms with E-state index in [2.05, 4.69) is 14.6 Å². The summed E-state index contributed by atoms with van der Waals surface area (Å²) in [6, 6.07) is 4.74. The van der Waals surface area contributed by atoms with Crippen LogP contribution in [0.15, 0.2) is 33.6 Å². The Bertz CT molecular complexity index is 629. The second-order valence-electron chi connectivity index (χ2n) is 3.47. The molecule has 20 heavy (non-hydrogen) atoms. The molecule has 0 radical (unpaired) electrons. The van der Waals surface area contributed by atoms with Gasteiger partial charge in [0.05, 0.1) is 12.1 Å². The number of nitrogens with one attached hydrogen (secondary N) is 1. The van der Waals surface area contributed by atoms with Gasteiger partial charge in [-0.25, -0.2) is 0 Å². The van der Waals surface area contributed by atoms with Crippen LogP contribution in [0.5, 0.6) is 0 Å². The molecule has 0 fully saturated rings. The second-order valence-corrected chi connectivity index (χ2v) is 4.09. The van der Waals surface area contributed by atoms with Crippen molar-refractivity contribution in [2.45, 2.75) is 11.1 Å². The molecule has 0 bridgehead atoms. The van der Waals surface area contributed by atoms with Gasteiger partial charge in [0, 0.05) is 10.5 Å². The standard InChI is InChI=1S/C10H5F4N3O2S/c11-10(12,13)8-16-17-9(19-8)15-7(18)5-2-1-3-6(4-5)20-14/h1-4H,(H,15,17,18). The number of anilines is 1. The summed E-state index contributed by atoms with van der Waals surface area (Å²) < 4.78 is 53.2. The number of aromatic nitrogens is 2. The lowest BCUT2D eigenvalue weighted by molar-refractivity contribution is -0.156. The molecular formula is C10H5F4N3O2S. The van der Waals surface area contributed by atoms with Crippen molar-refractivity contribution < 1.29 is 26.3 Å². The molecule has 0 aliphatic carbocycles. The van der Waals surface area contributed by atoms with E-state index in [1.54, 1.807) is 0 Å². The minimum atomic E-state index is -4.79. The molecule has 0 aliphatic heterocycles. The number of rotatable bonds is 3. The van der Waals surface area contributed by atoms with E-state index in [9.17, 15) is 21.9 Å². The summed E-state index contributed by atoms with van der Waals surface area (Å²) in [7, 11) is 0. The van der Waals surface area contributed by atoms with Crippen molar-refractivity contribution in [3.05, 3.63) is 35.7 Å². The quantitative estimate of drug-likeness (QED) is 0.881. The number of alkyl halides is 3. The summed E-state index contributed by atoms with van der Waals surface area (Å²) >= 11 is -0.0660. The summed E-state index contributed by atoms with van der Waals surface area (Å²) in [5.41, 5.74) is 0.0411. The number of carbonyl (C=O) groups is 1. The minimum Gasteiger partial charge on any atom is -0.399 e. The third-order valence-corrected chi connectivity index (χ3v) is 2.51. The van der Waals surface area contributed by atoms with E-state index < -0.39 is 24.0 Å². The number of nitrogens with zero attached hydrogens (tertiary/aromatic N) is 2. The van der Waals surface area contributed by atoms with Gasteiger partial charge in [-0.15, -0.1) is 5.10 Å². The van der Waals surface area contributed by atoms with Crippen molar-refractivity contribution in [2.24, 2.45) is 0 Å². The highest BCUT2D eigenvalue weighted by Crippen LogP contribution is 2.28. The van der Waals surface area contributed by atoms with E-state index in [1.807, 2.05) is 5.32 Å². The Hall–Kier alpha value is -2.10. The highest BCUT2D eigenvalue weighted by Gasteiger charge is 2.38. The minimum absolute atomic E-state index is 0.0411. The van der Waals surface area contributed by atoms with Gasteiger partial charge >= 0.3 is 18.1 Å². The van der Waals surface area contributed by atoms with E-state index in [1.165, 1.54) is 24.3 Å². The van der Waals surface area contributed by atoms with Gasteiger partial charge in [0.25, 0.3) is 5.91 Å². The highest BCUT2D eigenvalue weighted by atomic mass is 32.2. The zero-order valence-corrected chi connectivity index (χ0v) is 10.3. The zero-order chi connectivity index (χ0) is 14.8. The summed E-state index contributed by atoms with van der Waals surface area (Å²) in [6.45, 7) is 0. The fraction of sp³-hybridized carbons (Fsp3) is 0.100. The molecule has 0 spiro atoms. The molecule has 1 amide bonds. The molecule has 0 saturated heterocycles. The van der Waals surface area contributed by atoms with Gasteiger partial charge in [-0.1, -0.05) is 11.2 Å². The van der Waals surface area contributed by atoms with Crippen LogP contribution >= 0.6 is 12.1 Å². The van der Waals surface area contributed by atoms with Crippen molar-refractivity contribution >= 4 is 24.1 Å². The molecule has 106 valence electrons. The predicted octanol–water partition coefficient (Wildman–Crippen LogP) is 3.32. The van der Waals surface area contributed by atoms with E-state index >= 15 is 0 Å². The maximum absolute atomic E-state index is 12.3. The maximum Gasteiger partial charge on any atom is 0.470 e. The van der Waals surface area contributed by atoms with Gasteiger partial charge in [0.2, 0.25) is 0 Å². The van der Waals surface area contributed by atoms with Crippen molar-refractivity contribution in [3.63, 3.8) is 0 Å². The first kappa shape index (κ1) is 14.3. The number of halogens is 4. The zero-order valence-electron chi connectivity index (χ0n) is 9.44. The first-order valence-corrected chi connectivity index (χ1v) is 5.72. The van der Waals surface area contributed by atoms with Crippen LogP contribution in [0.4, 0.5) is 23.1 Å². The molecule has 1 aromatic carbocycles. The first-order valence-electron chi connectivity index (χ1n) is 5.01. The largest absolute Gasteiger partial charge is 0.470 e. The van der Waals surface area contributed by atoms with Crippen LogP contribution in [0.1, 0.15) is 16.2 Å². The van der Waals surface area contributed by atoms with Crippen LogP contribution in [0.25, 0.3) is 0 Å². The molecule has 10 heteroatoms. The van der Waals surface area contributed by atoms with Crippen LogP contribution < -0.4 is 5.32 Å². The van der Waals surface area contributed by atoms with Gasteiger partial charge in [0.15, 0.2) is 0 Å². The predicted molar refractivity (Wildman–Crippen MR) is 60.7 cm³/mol. The number of hydrogen-bond acceptors (Lipinski definition) is 5. The normalized spacial score (nSPS) is 11.4. The summed E-state index contributed by atoms with van der Waals surface area (Å²) in [6.07, 6.45) is -4.79. The van der Waals surface area contributed by atoms with Crippen LogP contribution in [-0.2, 0) is 6.18 Å². The molecule has 2 aromatic rings. The highest BCUT2D eigenvalue weighted by molar-refractivity contribution is 7.94. The molecule has 5 nitrogen and oxygen atoms in total. The Morgan fingerprint density at radius 1 is 1.30 bits per heavy atom. The molecule has 1 aromatic heterocycles. The van der Waals surface area contributed by atoms with Gasteiger partial charge in [-0.05, 0) is 18.2 Å². The van der Waals surface area contributed by atoms with Crippen molar-refractivity contribution in [3.8, 4) is 0 Å². The lowest BCUT2D eigenvalue weighted by Gasteiger charge is -2.01. The van der Waals surface area contributed by atoms with E-state index in [0.717, 1.165) is 0 Å². The Kier molecular flexibility index (Phi) is 3.93. The molecule has 1 N–H and O–H groups in total. The van der Waals surface area contributed by atoms with Crippen LogP contribution in [0.3, 0.4) is 0 Å². The van der Waals surface area contributed by atoms with Crippen molar-refractivity contribution in [1.82, 2.24) is 10.2 Å². The topological polar surface area (TPSA) is 68.0 Å². The maximum atomic E-state index is 12.3. The number of benzene rings is 1. The Morgan fingerprint density at radius 3 is 2.65 bits per heavy atom. The summed E-state index contributed by atoms with van der Waals surface area (Å²) in [5, 5.41) is 7.78. The van der Waals surface area contributed by atoms with Crippen LogP contribution in [-0.4, -0.2) is 16.1 Å². The smallest absolute Gasteiger partial charge is 0.399 e. The molecule has 0 unspecified atom stereocenters.